The van der Waals surface area contributed by atoms with Crippen LogP contribution in [0.3, 0.4) is 0 Å². The van der Waals surface area contributed by atoms with E-state index >= 15 is 0 Å². The van der Waals surface area contributed by atoms with Gasteiger partial charge in [0.25, 0.3) is 0 Å². The maximum atomic E-state index is 11.4. The lowest BCUT2D eigenvalue weighted by Crippen LogP contribution is -2.35. The van der Waals surface area contributed by atoms with Crippen LogP contribution in [0.15, 0.2) is 0 Å². The Morgan fingerprint density at radius 3 is 2.53 bits per heavy atom. The van der Waals surface area contributed by atoms with Gasteiger partial charge in [-0.3, -0.25) is 4.79 Å². The van der Waals surface area contributed by atoms with Crippen molar-refractivity contribution in [3.05, 3.63) is 0 Å². The van der Waals surface area contributed by atoms with Crippen molar-refractivity contribution in [1.29, 1.82) is 0 Å². The third kappa shape index (κ3) is 3.44. The molecule has 0 bridgehead atoms. The average molecular weight is 235 g/mol. The van der Waals surface area contributed by atoms with Crippen molar-refractivity contribution in [2.45, 2.75) is 11.7 Å². The Balaban J connectivity index is 2.54. The number of likely N-dealkylation sites (N-methyl/N-ethyl adjacent to an activating group) is 1. The summed E-state index contributed by atoms with van der Waals surface area (Å²) in [4.78, 5) is 14.9. The van der Waals surface area contributed by atoms with E-state index in [-0.39, 0.29) is 18.9 Å². The van der Waals surface area contributed by atoms with Crippen LogP contribution in [-0.2, 0) is 14.8 Å². The number of likely N-dealkylation sites (tertiary alicyclic amines) is 1. The maximum absolute atomic E-state index is 11.4. The SMILES string of the molecule is CN(C)CCN1CC(S(N)(=O)=O)CC1=O. The molecule has 2 N–H and O–H groups in total. The van der Waals surface area contributed by atoms with Crippen molar-refractivity contribution in [3.8, 4) is 0 Å². The Bertz CT molecular complexity index is 339. The van der Waals surface area contributed by atoms with E-state index in [1.807, 2.05) is 19.0 Å². The lowest BCUT2D eigenvalue weighted by atomic mass is 10.4. The molecule has 1 aliphatic heterocycles. The fourth-order valence-corrected chi connectivity index (χ4v) is 2.26. The minimum atomic E-state index is -3.58. The molecule has 1 unspecified atom stereocenters. The number of carbonyl (C=O) groups excluding carboxylic acids is 1. The van der Waals surface area contributed by atoms with Crippen LogP contribution in [0.4, 0.5) is 0 Å². The van der Waals surface area contributed by atoms with Crippen LogP contribution in [0.2, 0.25) is 0 Å². The highest BCUT2D eigenvalue weighted by atomic mass is 32.2. The van der Waals surface area contributed by atoms with Crippen LogP contribution >= 0.6 is 0 Å². The van der Waals surface area contributed by atoms with E-state index in [1.165, 1.54) is 0 Å². The summed E-state index contributed by atoms with van der Waals surface area (Å²) in [6.07, 6.45) is 0.0201. The van der Waals surface area contributed by atoms with Crippen molar-refractivity contribution >= 4 is 15.9 Å². The van der Waals surface area contributed by atoms with E-state index in [0.717, 1.165) is 6.54 Å². The van der Waals surface area contributed by atoms with E-state index in [9.17, 15) is 13.2 Å². The van der Waals surface area contributed by atoms with E-state index in [2.05, 4.69) is 0 Å². The molecule has 1 fully saturated rings. The Kier molecular flexibility index (Phi) is 3.69. The number of amides is 1. The smallest absolute Gasteiger partial charge is 0.224 e. The van der Waals surface area contributed by atoms with Crippen LogP contribution < -0.4 is 5.14 Å². The van der Waals surface area contributed by atoms with E-state index in [0.29, 0.717) is 6.54 Å². The first kappa shape index (κ1) is 12.4. The zero-order valence-electron chi connectivity index (χ0n) is 9.01. The first-order chi connectivity index (χ1) is 6.80. The van der Waals surface area contributed by atoms with Gasteiger partial charge in [0.15, 0.2) is 0 Å². The number of nitrogens with two attached hydrogens (primary N) is 1. The fourth-order valence-electron chi connectivity index (χ4n) is 1.49. The molecule has 15 heavy (non-hydrogen) atoms. The molecule has 88 valence electrons. The second kappa shape index (κ2) is 4.46. The zero-order valence-corrected chi connectivity index (χ0v) is 9.83. The molecule has 0 aliphatic carbocycles. The number of hydrogen-bond acceptors (Lipinski definition) is 4. The lowest BCUT2D eigenvalue weighted by molar-refractivity contribution is -0.127. The van der Waals surface area contributed by atoms with Crippen LogP contribution in [0.5, 0.6) is 0 Å². The second-order valence-corrected chi connectivity index (χ2v) is 5.90. The molecule has 1 aliphatic rings. The monoisotopic (exact) mass is 235 g/mol. The van der Waals surface area contributed by atoms with Gasteiger partial charge in [-0.1, -0.05) is 0 Å². The summed E-state index contributed by atoms with van der Waals surface area (Å²) >= 11 is 0. The van der Waals surface area contributed by atoms with Gasteiger partial charge in [-0.2, -0.15) is 0 Å². The average Bonchev–Trinajstić information content (AvgIpc) is 2.42. The molecule has 1 heterocycles. The molecular weight excluding hydrogens is 218 g/mol. The molecule has 7 heteroatoms. The molecule has 1 amide bonds. The van der Waals surface area contributed by atoms with Gasteiger partial charge in [0, 0.05) is 26.1 Å². The van der Waals surface area contributed by atoms with Crippen LogP contribution in [0.25, 0.3) is 0 Å². The molecule has 0 aromatic rings. The first-order valence-corrected chi connectivity index (χ1v) is 6.36. The summed E-state index contributed by atoms with van der Waals surface area (Å²) in [5.74, 6) is -0.129. The van der Waals surface area contributed by atoms with Crippen LogP contribution in [0, 0.1) is 0 Å². The predicted octanol–water partition coefficient (Wildman–Crippen LogP) is -1.56. The Morgan fingerprint density at radius 1 is 1.53 bits per heavy atom. The van der Waals surface area contributed by atoms with Gasteiger partial charge < -0.3 is 9.80 Å². The summed E-state index contributed by atoms with van der Waals surface area (Å²) in [5, 5.41) is 4.27. The van der Waals surface area contributed by atoms with Gasteiger partial charge in [-0.05, 0) is 14.1 Å². The largest absolute Gasteiger partial charge is 0.340 e. The predicted molar refractivity (Wildman–Crippen MR) is 56.6 cm³/mol. The van der Waals surface area contributed by atoms with Gasteiger partial charge >= 0.3 is 0 Å². The van der Waals surface area contributed by atoms with Gasteiger partial charge in [0.05, 0.1) is 0 Å². The Hall–Kier alpha value is -0.660. The van der Waals surface area contributed by atoms with Crippen molar-refractivity contribution in [2.24, 2.45) is 5.14 Å². The number of rotatable bonds is 4. The van der Waals surface area contributed by atoms with Gasteiger partial charge in [0.2, 0.25) is 15.9 Å². The van der Waals surface area contributed by atoms with Gasteiger partial charge in [-0.25, -0.2) is 13.6 Å². The fraction of sp³-hybridized carbons (Fsp3) is 0.875. The number of hydrogen-bond donors (Lipinski definition) is 1. The molecule has 0 aromatic carbocycles. The highest BCUT2D eigenvalue weighted by Crippen LogP contribution is 2.15. The molecule has 1 saturated heterocycles. The molecule has 0 aromatic heterocycles. The second-order valence-electron chi connectivity index (χ2n) is 4.06. The quantitative estimate of drug-likeness (QED) is 0.638. The molecule has 6 nitrogen and oxygen atoms in total. The van der Waals surface area contributed by atoms with Crippen LogP contribution in [0.1, 0.15) is 6.42 Å². The normalized spacial score (nSPS) is 22.8. The van der Waals surface area contributed by atoms with E-state index in [1.54, 1.807) is 4.90 Å². The molecule has 1 atom stereocenters. The summed E-state index contributed by atoms with van der Waals surface area (Å²) in [6, 6.07) is 0. The van der Waals surface area contributed by atoms with Gasteiger partial charge in [-0.15, -0.1) is 0 Å². The summed E-state index contributed by atoms with van der Waals surface area (Å²) in [5.41, 5.74) is 0. The number of nitrogens with zero attached hydrogens (tertiary/aromatic N) is 2. The van der Waals surface area contributed by atoms with Crippen molar-refractivity contribution in [2.75, 3.05) is 33.7 Å². The van der Waals surface area contributed by atoms with Crippen LogP contribution in [-0.4, -0.2) is 63.1 Å². The molecule has 0 spiro atoms. The summed E-state index contributed by atoms with van der Waals surface area (Å²) < 4.78 is 22.1. The standard InChI is InChI=1S/C8H17N3O3S/c1-10(2)3-4-11-6-7(5-8(11)12)15(9,13)14/h7H,3-6H2,1-2H3,(H2,9,13,14). The number of carbonyl (C=O) groups is 1. The maximum Gasteiger partial charge on any atom is 0.224 e. The number of sulfonamides is 1. The van der Waals surface area contributed by atoms with Crippen molar-refractivity contribution < 1.29 is 13.2 Å². The van der Waals surface area contributed by atoms with Gasteiger partial charge in [0.1, 0.15) is 5.25 Å². The summed E-state index contributed by atoms with van der Waals surface area (Å²) in [6.45, 7) is 1.51. The van der Waals surface area contributed by atoms with E-state index < -0.39 is 15.3 Å². The third-order valence-corrected chi connectivity index (χ3v) is 3.71. The minimum absolute atomic E-state index is 0.0201. The summed E-state index contributed by atoms with van der Waals surface area (Å²) in [7, 11) is 0.218. The zero-order chi connectivity index (χ0) is 11.6. The Morgan fingerprint density at radius 2 is 2.13 bits per heavy atom. The third-order valence-electron chi connectivity index (χ3n) is 2.46. The Labute approximate surface area is 90.1 Å². The molecule has 0 saturated carbocycles. The molecule has 0 radical (unpaired) electrons. The minimum Gasteiger partial charge on any atom is -0.340 e. The van der Waals surface area contributed by atoms with Crippen molar-refractivity contribution in [1.82, 2.24) is 9.80 Å². The highest BCUT2D eigenvalue weighted by molar-refractivity contribution is 7.89. The molecule has 1 rings (SSSR count). The van der Waals surface area contributed by atoms with Crippen molar-refractivity contribution in [3.63, 3.8) is 0 Å². The first-order valence-electron chi connectivity index (χ1n) is 4.75. The molecular formula is C8H17N3O3S. The lowest BCUT2D eigenvalue weighted by Gasteiger charge is -2.18. The number of primary sulfonamides is 1. The highest BCUT2D eigenvalue weighted by Gasteiger charge is 2.35. The van der Waals surface area contributed by atoms with E-state index in [4.69, 9.17) is 5.14 Å². The topological polar surface area (TPSA) is 83.7 Å².